The summed E-state index contributed by atoms with van der Waals surface area (Å²) >= 11 is 5.44. The molecule has 0 spiro atoms. The number of ketones is 2. The Morgan fingerprint density at radius 1 is 1.03 bits per heavy atom. The Bertz CT molecular complexity index is 1330. The normalized spacial score (nSPS) is 21.8. The summed E-state index contributed by atoms with van der Waals surface area (Å²) in [4.78, 5) is 49.9. The van der Waals surface area contributed by atoms with E-state index in [1.165, 1.54) is 0 Å². The average Bonchev–Trinajstić information content (AvgIpc) is 2.80. The van der Waals surface area contributed by atoms with Gasteiger partial charge in [0.05, 0.1) is 4.90 Å². The first-order chi connectivity index (χ1) is 16.6. The van der Waals surface area contributed by atoms with E-state index in [1.54, 1.807) is 24.3 Å². The molecule has 0 radical (unpaired) electrons. The summed E-state index contributed by atoms with van der Waals surface area (Å²) < 4.78 is 16.3. The lowest BCUT2D eigenvalue weighted by molar-refractivity contribution is -0.136. The molecule has 7 nitrogen and oxygen atoms in total. The van der Waals surface area contributed by atoms with Crippen molar-refractivity contribution in [1.29, 1.82) is 0 Å². The van der Waals surface area contributed by atoms with Gasteiger partial charge < -0.3 is 4.72 Å². The third-order valence-corrected chi connectivity index (χ3v) is 9.01. The van der Waals surface area contributed by atoms with Crippen LogP contribution in [0.4, 0.5) is 5.69 Å². The molecule has 0 saturated carbocycles. The molecule has 184 valence electrons. The van der Waals surface area contributed by atoms with Gasteiger partial charge in [-0.2, -0.15) is 0 Å². The second-order valence-electron chi connectivity index (χ2n) is 9.24. The Morgan fingerprint density at radius 3 is 2.49 bits per heavy atom. The number of piperidine rings is 1. The van der Waals surface area contributed by atoms with Gasteiger partial charge in [0.2, 0.25) is 11.8 Å². The van der Waals surface area contributed by atoms with Gasteiger partial charge in [0.1, 0.15) is 8.68 Å². The number of benzene rings is 2. The van der Waals surface area contributed by atoms with Crippen molar-refractivity contribution in [3.05, 3.63) is 58.7 Å². The largest absolute Gasteiger partial charge is 0.301 e. The van der Waals surface area contributed by atoms with E-state index in [-0.39, 0.29) is 35.7 Å². The quantitative estimate of drug-likeness (QED) is 0.545. The van der Waals surface area contributed by atoms with Crippen LogP contribution < -0.4 is 10.0 Å². The molecule has 0 bridgehead atoms. The highest BCUT2D eigenvalue weighted by atomic mass is 32.8. The molecule has 2 aliphatic rings. The third-order valence-electron chi connectivity index (χ3n) is 6.74. The van der Waals surface area contributed by atoms with Gasteiger partial charge in [-0.3, -0.25) is 24.5 Å². The lowest BCUT2D eigenvalue weighted by Crippen LogP contribution is -2.41. The van der Waals surface area contributed by atoms with Crippen molar-refractivity contribution in [2.24, 2.45) is 11.8 Å². The Labute approximate surface area is 209 Å². The molecule has 2 amide bonds. The number of carbonyl (C=O) groups excluding carboxylic acids is 4. The van der Waals surface area contributed by atoms with Gasteiger partial charge in [-0.15, -0.1) is 0 Å². The van der Waals surface area contributed by atoms with E-state index in [0.717, 1.165) is 11.1 Å². The standard InChI is InChI=1S/C26H28N2O5S2/c1-3-16-12-15(2)4-10-23(16)35(33,34)28-19-8-9-20-21(14-19)22(29)13-18(25(20)31)6-5-17-7-11-24(30)27-26(17)32/h4,8-10,12,14,17-18,28H,3,5-7,11,13H2,1-2H3,(H,27,30,32). The molecule has 2 aromatic carbocycles. The van der Waals surface area contributed by atoms with Crippen LogP contribution in [-0.4, -0.2) is 27.6 Å². The van der Waals surface area contributed by atoms with Gasteiger partial charge in [-0.25, -0.2) is 4.21 Å². The van der Waals surface area contributed by atoms with Crippen LogP contribution in [0.1, 0.15) is 70.9 Å². The minimum absolute atomic E-state index is 0.0593. The fourth-order valence-electron chi connectivity index (χ4n) is 4.81. The fourth-order valence-corrected chi connectivity index (χ4v) is 6.93. The van der Waals surface area contributed by atoms with E-state index in [9.17, 15) is 23.4 Å². The number of rotatable bonds is 7. The van der Waals surface area contributed by atoms with Gasteiger partial charge >= 0.3 is 0 Å². The molecule has 1 fully saturated rings. The lowest BCUT2D eigenvalue weighted by Gasteiger charge is -2.26. The summed E-state index contributed by atoms with van der Waals surface area (Å²) in [5.74, 6) is -1.70. The van der Waals surface area contributed by atoms with E-state index in [2.05, 4.69) is 10.0 Å². The van der Waals surface area contributed by atoms with Crippen LogP contribution in [0.15, 0.2) is 41.3 Å². The van der Waals surface area contributed by atoms with E-state index >= 15 is 0 Å². The van der Waals surface area contributed by atoms with Crippen molar-refractivity contribution < 1.29 is 23.4 Å². The van der Waals surface area contributed by atoms with Gasteiger partial charge in [0.15, 0.2) is 11.6 Å². The molecule has 35 heavy (non-hydrogen) atoms. The van der Waals surface area contributed by atoms with Crippen molar-refractivity contribution in [3.8, 4) is 0 Å². The Hall–Kier alpha value is -2.91. The number of nitrogens with one attached hydrogen (secondary N) is 2. The molecule has 1 aliphatic heterocycles. The van der Waals surface area contributed by atoms with Crippen LogP contribution >= 0.6 is 0 Å². The molecular formula is C26H28N2O5S2. The maximum atomic E-state index is 13.4. The summed E-state index contributed by atoms with van der Waals surface area (Å²) in [6, 6.07) is 10.4. The van der Waals surface area contributed by atoms with Crippen molar-refractivity contribution in [1.82, 2.24) is 5.32 Å². The summed E-state index contributed by atoms with van der Waals surface area (Å²) in [7, 11) is -3.05. The molecule has 3 unspecified atom stereocenters. The number of carbonyl (C=O) groups is 4. The molecule has 9 heteroatoms. The maximum Gasteiger partial charge on any atom is 0.229 e. The molecule has 2 N–H and O–H groups in total. The van der Waals surface area contributed by atoms with E-state index in [4.69, 9.17) is 11.2 Å². The minimum atomic E-state index is -3.05. The molecule has 1 saturated heterocycles. The number of fused-ring (bicyclic) bond motifs is 1. The van der Waals surface area contributed by atoms with Gasteiger partial charge in [0.25, 0.3) is 0 Å². The summed E-state index contributed by atoms with van der Waals surface area (Å²) in [6.07, 6.45) is 2.36. The molecule has 2 aromatic rings. The van der Waals surface area contributed by atoms with Crippen LogP contribution in [0.3, 0.4) is 0 Å². The van der Waals surface area contributed by atoms with E-state index < -0.39 is 14.6 Å². The first-order valence-corrected chi connectivity index (χ1v) is 14.2. The van der Waals surface area contributed by atoms with Gasteiger partial charge in [-0.05, 0) is 62.4 Å². The maximum absolute atomic E-state index is 13.4. The predicted octanol–water partition coefficient (Wildman–Crippen LogP) is 3.91. The molecule has 4 rings (SSSR count). The average molecular weight is 513 g/mol. The van der Waals surface area contributed by atoms with Crippen molar-refractivity contribution in [2.75, 3.05) is 4.72 Å². The number of imide groups is 1. The predicted molar refractivity (Wildman–Crippen MR) is 136 cm³/mol. The number of aryl methyl sites for hydroxylation is 2. The second kappa shape index (κ2) is 9.99. The smallest absolute Gasteiger partial charge is 0.229 e. The van der Waals surface area contributed by atoms with Crippen LogP contribution in [-0.2, 0) is 35.9 Å². The number of anilines is 1. The Kier molecular flexibility index (Phi) is 7.19. The van der Waals surface area contributed by atoms with Crippen LogP contribution in [0.5, 0.6) is 0 Å². The van der Waals surface area contributed by atoms with Gasteiger partial charge in [-0.1, -0.05) is 24.6 Å². The summed E-state index contributed by atoms with van der Waals surface area (Å²) in [5, 5.41) is 2.33. The molecule has 1 aliphatic carbocycles. The monoisotopic (exact) mass is 512 g/mol. The minimum Gasteiger partial charge on any atom is -0.301 e. The van der Waals surface area contributed by atoms with E-state index in [0.29, 0.717) is 53.8 Å². The topological polar surface area (TPSA) is 109 Å². The Balaban J connectivity index is 1.50. The Morgan fingerprint density at radius 2 is 1.77 bits per heavy atom. The number of Topliss-reactive ketones (excluding diaryl/α,β-unsaturated/α-hetero) is 2. The number of hydrogen-bond acceptors (Lipinski definition) is 6. The van der Waals surface area contributed by atoms with Crippen LogP contribution in [0.25, 0.3) is 0 Å². The van der Waals surface area contributed by atoms with Gasteiger partial charge in [0, 0.05) is 52.7 Å². The summed E-state index contributed by atoms with van der Waals surface area (Å²) in [5.41, 5.74) is 3.01. The first kappa shape index (κ1) is 25.2. The van der Waals surface area contributed by atoms with Crippen molar-refractivity contribution in [3.63, 3.8) is 0 Å². The number of amides is 2. The molecule has 0 aromatic heterocycles. The third kappa shape index (κ3) is 5.36. The van der Waals surface area contributed by atoms with Crippen LogP contribution in [0.2, 0.25) is 0 Å². The lowest BCUT2D eigenvalue weighted by atomic mass is 9.78. The van der Waals surface area contributed by atoms with Crippen molar-refractivity contribution in [2.45, 2.75) is 57.3 Å². The number of hydrogen-bond donors (Lipinski definition) is 2. The molecular weight excluding hydrogens is 484 g/mol. The zero-order valence-corrected chi connectivity index (χ0v) is 21.4. The zero-order valence-electron chi connectivity index (χ0n) is 19.7. The molecule has 3 atom stereocenters. The molecule has 1 heterocycles. The second-order valence-corrected chi connectivity index (χ2v) is 12.3. The van der Waals surface area contributed by atoms with Crippen molar-refractivity contribution >= 4 is 48.9 Å². The fraction of sp³-hybridized carbons (Fsp3) is 0.385. The first-order valence-electron chi connectivity index (χ1n) is 11.8. The highest BCUT2D eigenvalue weighted by Crippen LogP contribution is 2.33. The zero-order chi connectivity index (χ0) is 25.3. The van der Waals surface area contributed by atoms with E-state index in [1.807, 2.05) is 26.0 Å². The SMILES string of the molecule is CCc1cc(C)ccc1S(=O)(=S)Nc1ccc2c(c1)C(=O)CC(CCC1CCC(=O)NC1=O)C2=O. The highest BCUT2D eigenvalue weighted by Gasteiger charge is 2.34. The summed E-state index contributed by atoms with van der Waals surface area (Å²) in [6.45, 7) is 3.94. The van der Waals surface area contributed by atoms with Crippen LogP contribution in [0, 0.1) is 18.8 Å². The highest BCUT2D eigenvalue weighted by molar-refractivity contribution is 8.33.